The second kappa shape index (κ2) is 9.84. The Morgan fingerprint density at radius 2 is 1.79 bits per heavy atom. The van der Waals surface area contributed by atoms with Crippen LogP contribution in [0.4, 0.5) is 5.82 Å². The molecule has 150 valence electrons. The first kappa shape index (κ1) is 19.1. The van der Waals surface area contributed by atoms with Crippen molar-refractivity contribution in [3.63, 3.8) is 0 Å². The summed E-state index contributed by atoms with van der Waals surface area (Å²) in [5.41, 5.74) is 1.79. The van der Waals surface area contributed by atoms with Crippen molar-refractivity contribution < 1.29 is 18.9 Å². The zero-order chi connectivity index (χ0) is 19.0. The molecule has 0 spiro atoms. The van der Waals surface area contributed by atoms with Gasteiger partial charge in [0.2, 0.25) is 6.29 Å². The van der Waals surface area contributed by atoms with Crippen molar-refractivity contribution in [3.8, 4) is 5.75 Å². The number of morpholine rings is 1. The molecule has 7 heteroatoms. The van der Waals surface area contributed by atoms with E-state index < -0.39 is 6.29 Å². The Morgan fingerprint density at radius 3 is 2.57 bits per heavy atom. The van der Waals surface area contributed by atoms with Gasteiger partial charge in [0.05, 0.1) is 26.4 Å². The number of nitrogens with one attached hydrogen (secondary N) is 1. The topological polar surface area (TPSA) is 65.1 Å². The zero-order valence-corrected chi connectivity index (χ0v) is 16.0. The van der Waals surface area contributed by atoms with Crippen molar-refractivity contribution in [1.82, 2.24) is 9.88 Å². The number of ether oxygens (including phenoxy) is 4. The van der Waals surface area contributed by atoms with Crippen molar-refractivity contribution >= 4 is 5.82 Å². The molecule has 2 fully saturated rings. The summed E-state index contributed by atoms with van der Waals surface area (Å²) in [6, 6.07) is 14.0. The lowest BCUT2D eigenvalue weighted by Crippen LogP contribution is -2.39. The predicted octanol–water partition coefficient (Wildman–Crippen LogP) is 2.45. The van der Waals surface area contributed by atoms with Crippen LogP contribution in [0.15, 0.2) is 42.5 Å². The fourth-order valence-corrected chi connectivity index (χ4v) is 3.27. The molecule has 1 N–H and O–H groups in total. The van der Waals surface area contributed by atoms with Gasteiger partial charge in [-0.1, -0.05) is 30.3 Å². The first-order valence-electron chi connectivity index (χ1n) is 9.83. The maximum absolute atomic E-state index is 6.02. The maximum Gasteiger partial charge on any atom is 0.205 e. The fourth-order valence-electron chi connectivity index (χ4n) is 3.27. The third-order valence-electron chi connectivity index (χ3n) is 4.81. The van der Waals surface area contributed by atoms with Crippen molar-refractivity contribution in [3.05, 3.63) is 53.7 Å². The Labute approximate surface area is 165 Å². The number of rotatable bonds is 8. The lowest BCUT2D eigenvalue weighted by atomic mass is 10.2. The lowest BCUT2D eigenvalue weighted by Gasteiger charge is -2.26. The van der Waals surface area contributed by atoms with E-state index in [0.29, 0.717) is 31.3 Å². The standard InChI is InChI=1S/C21H27N3O4/c1-2-4-17(5-3-1)16-28-18-6-7-19(23-20(18)21-26-14-15-27-21)22-8-9-24-10-12-25-13-11-24/h1-7,21H,8-16H2,(H,22,23). The number of hydrogen-bond donors (Lipinski definition) is 1. The second-order valence-electron chi connectivity index (χ2n) is 6.81. The van der Waals surface area contributed by atoms with E-state index in [4.69, 9.17) is 23.9 Å². The number of hydrogen-bond acceptors (Lipinski definition) is 7. The number of aromatic nitrogens is 1. The van der Waals surface area contributed by atoms with Gasteiger partial charge in [0, 0.05) is 26.2 Å². The predicted molar refractivity (Wildman–Crippen MR) is 105 cm³/mol. The van der Waals surface area contributed by atoms with Gasteiger partial charge in [-0.2, -0.15) is 0 Å². The maximum atomic E-state index is 6.02. The van der Waals surface area contributed by atoms with Crippen LogP contribution in [0, 0.1) is 0 Å². The van der Waals surface area contributed by atoms with Crippen LogP contribution in [-0.4, -0.2) is 62.5 Å². The summed E-state index contributed by atoms with van der Waals surface area (Å²) in [4.78, 5) is 7.11. The van der Waals surface area contributed by atoms with Gasteiger partial charge in [-0.15, -0.1) is 0 Å². The number of pyridine rings is 1. The zero-order valence-electron chi connectivity index (χ0n) is 16.0. The molecule has 0 unspecified atom stereocenters. The number of benzene rings is 1. The minimum atomic E-state index is -0.480. The average molecular weight is 385 g/mol. The van der Waals surface area contributed by atoms with E-state index in [-0.39, 0.29) is 0 Å². The molecule has 0 amide bonds. The van der Waals surface area contributed by atoms with Gasteiger partial charge in [-0.05, 0) is 17.7 Å². The van der Waals surface area contributed by atoms with Crippen LogP contribution in [0.2, 0.25) is 0 Å². The van der Waals surface area contributed by atoms with E-state index in [1.807, 2.05) is 42.5 Å². The van der Waals surface area contributed by atoms with Gasteiger partial charge in [-0.3, -0.25) is 4.90 Å². The van der Waals surface area contributed by atoms with Crippen molar-refractivity contribution in [1.29, 1.82) is 0 Å². The van der Waals surface area contributed by atoms with Gasteiger partial charge in [0.15, 0.2) is 0 Å². The van der Waals surface area contributed by atoms with Crippen LogP contribution < -0.4 is 10.1 Å². The Kier molecular flexibility index (Phi) is 6.73. The smallest absolute Gasteiger partial charge is 0.205 e. The van der Waals surface area contributed by atoms with Crippen LogP contribution in [0.5, 0.6) is 5.75 Å². The molecule has 1 aromatic carbocycles. The number of nitrogens with zero attached hydrogens (tertiary/aromatic N) is 2. The molecular weight excluding hydrogens is 358 g/mol. The van der Waals surface area contributed by atoms with Crippen LogP contribution in [-0.2, 0) is 20.8 Å². The SMILES string of the molecule is c1ccc(COc2ccc(NCCN3CCOCC3)nc2C2OCCO2)cc1. The summed E-state index contributed by atoms with van der Waals surface area (Å²) < 4.78 is 22.8. The van der Waals surface area contributed by atoms with Crippen LogP contribution >= 0.6 is 0 Å². The van der Waals surface area contributed by atoms with E-state index >= 15 is 0 Å². The first-order chi connectivity index (χ1) is 13.9. The largest absolute Gasteiger partial charge is 0.487 e. The van der Waals surface area contributed by atoms with Crippen molar-refractivity contribution in [2.45, 2.75) is 12.9 Å². The first-order valence-corrected chi connectivity index (χ1v) is 9.83. The Hall–Kier alpha value is -2.19. The quantitative estimate of drug-likeness (QED) is 0.749. The molecule has 0 atom stereocenters. The molecule has 3 heterocycles. The highest BCUT2D eigenvalue weighted by molar-refractivity contribution is 5.42. The Morgan fingerprint density at radius 1 is 1.00 bits per heavy atom. The highest BCUT2D eigenvalue weighted by Crippen LogP contribution is 2.31. The third kappa shape index (κ3) is 5.20. The molecular formula is C21H27N3O4. The normalized spacial score (nSPS) is 18.3. The van der Waals surface area contributed by atoms with Gasteiger partial charge in [0.1, 0.15) is 23.9 Å². The monoisotopic (exact) mass is 385 g/mol. The summed E-state index contributed by atoms with van der Waals surface area (Å²) in [5, 5.41) is 3.40. The van der Waals surface area contributed by atoms with E-state index in [1.165, 1.54) is 0 Å². The summed E-state index contributed by atoms with van der Waals surface area (Å²) in [5.74, 6) is 1.49. The molecule has 1 aromatic heterocycles. The lowest BCUT2D eigenvalue weighted by molar-refractivity contribution is -0.0490. The molecule has 4 rings (SSSR count). The minimum absolute atomic E-state index is 0.478. The molecule has 28 heavy (non-hydrogen) atoms. The van der Waals surface area contributed by atoms with Gasteiger partial charge >= 0.3 is 0 Å². The van der Waals surface area contributed by atoms with E-state index in [9.17, 15) is 0 Å². The molecule has 0 radical (unpaired) electrons. The molecule has 2 aliphatic heterocycles. The molecule has 0 bridgehead atoms. The summed E-state index contributed by atoms with van der Waals surface area (Å²) in [6.07, 6.45) is -0.480. The van der Waals surface area contributed by atoms with Gasteiger partial charge in [0.25, 0.3) is 0 Å². The minimum Gasteiger partial charge on any atom is -0.487 e. The van der Waals surface area contributed by atoms with E-state index in [0.717, 1.165) is 50.8 Å². The fraction of sp³-hybridized carbons (Fsp3) is 0.476. The Bertz CT molecular complexity index is 732. The average Bonchev–Trinajstić information content (AvgIpc) is 3.29. The Balaban J connectivity index is 1.39. The molecule has 0 saturated carbocycles. The summed E-state index contributed by atoms with van der Waals surface area (Å²) in [6.45, 7) is 6.99. The van der Waals surface area contributed by atoms with Crippen LogP contribution in [0.1, 0.15) is 17.5 Å². The van der Waals surface area contributed by atoms with Crippen molar-refractivity contribution in [2.24, 2.45) is 0 Å². The van der Waals surface area contributed by atoms with Crippen LogP contribution in [0.3, 0.4) is 0 Å². The highest BCUT2D eigenvalue weighted by Gasteiger charge is 2.24. The molecule has 0 aliphatic carbocycles. The highest BCUT2D eigenvalue weighted by atomic mass is 16.7. The summed E-state index contributed by atoms with van der Waals surface area (Å²) >= 11 is 0. The van der Waals surface area contributed by atoms with Gasteiger partial charge < -0.3 is 24.3 Å². The number of anilines is 1. The van der Waals surface area contributed by atoms with Gasteiger partial charge in [-0.25, -0.2) is 4.98 Å². The van der Waals surface area contributed by atoms with E-state index in [1.54, 1.807) is 0 Å². The third-order valence-corrected chi connectivity index (χ3v) is 4.81. The van der Waals surface area contributed by atoms with Crippen molar-refractivity contribution in [2.75, 3.05) is 57.9 Å². The van der Waals surface area contributed by atoms with E-state index in [2.05, 4.69) is 10.2 Å². The second-order valence-corrected chi connectivity index (χ2v) is 6.81. The summed E-state index contributed by atoms with van der Waals surface area (Å²) in [7, 11) is 0. The molecule has 2 aliphatic rings. The molecule has 2 aromatic rings. The molecule has 2 saturated heterocycles. The van der Waals surface area contributed by atoms with Crippen LogP contribution in [0.25, 0.3) is 0 Å². The molecule has 7 nitrogen and oxygen atoms in total.